The van der Waals surface area contributed by atoms with Crippen LogP contribution in [-0.2, 0) is 4.79 Å². The van der Waals surface area contributed by atoms with E-state index in [4.69, 9.17) is 11.8 Å². The van der Waals surface area contributed by atoms with Crippen LogP contribution >= 0.6 is 11.8 Å². The van der Waals surface area contributed by atoms with Gasteiger partial charge in [0.15, 0.2) is 0 Å². The Kier molecular flexibility index (Phi) is 1.36. The lowest BCUT2D eigenvalue weighted by atomic mass is 10.1. The summed E-state index contributed by atoms with van der Waals surface area (Å²) in [4.78, 5) is 21.5. The van der Waals surface area contributed by atoms with Gasteiger partial charge in [-0.15, -0.1) is 0 Å². The number of rotatable bonds is 0. The van der Waals surface area contributed by atoms with Crippen molar-refractivity contribution in [2.24, 2.45) is 0 Å². The summed E-state index contributed by atoms with van der Waals surface area (Å²) < 4.78 is 0.856. The molecule has 5 heteroatoms. The third kappa shape index (κ3) is 0.759. The summed E-state index contributed by atoms with van der Waals surface area (Å²) in [5, 5.41) is 2.07. The zero-order chi connectivity index (χ0) is 7.94. The molecule has 10 heavy (non-hydrogen) atoms. The number of amides is 3. The van der Waals surface area contributed by atoms with Gasteiger partial charge in [-0.3, -0.25) is 10.1 Å². The molecule has 1 heterocycles. The molecule has 0 bridgehead atoms. The van der Waals surface area contributed by atoms with Gasteiger partial charge in [0.25, 0.3) is 5.91 Å². The molecule has 0 aromatic rings. The van der Waals surface area contributed by atoms with Crippen LogP contribution in [-0.4, -0.2) is 21.9 Å². The first kappa shape index (κ1) is 7.34. The highest BCUT2D eigenvalue weighted by atomic mass is 35.5. The number of nitrogens with one attached hydrogen (secondary N) is 1. The molecule has 0 aromatic heterocycles. The van der Waals surface area contributed by atoms with Crippen LogP contribution in [0.3, 0.4) is 0 Å². The Labute approximate surface area is 63.2 Å². The van der Waals surface area contributed by atoms with Crippen molar-refractivity contribution in [2.45, 2.75) is 19.4 Å². The van der Waals surface area contributed by atoms with Crippen molar-refractivity contribution in [1.29, 1.82) is 0 Å². The SMILES string of the molecule is CC1(C)C(=O)NC(=O)N1Cl. The number of halogens is 1. The highest BCUT2D eigenvalue weighted by molar-refractivity contribution is 6.28. The topological polar surface area (TPSA) is 49.4 Å². The van der Waals surface area contributed by atoms with Crippen LogP contribution in [0.2, 0.25) is 0 Å². The quantitative estimate of drug-likeness (QED) is 0.416. The second-order valence-electron chi connectivity index (χ2n) is 2.60. The van der Waals surface area contributed by atoms with E-state index in [1.807, 2.05) is 0 Å². The van der Waals surface area contributed by atoms with E-state index in [0.717, 1.165) is 4.42 Å². The number of hydrogen-bond acceptors (Lipinski definition) is 2. The molecule has 1 aliphatic rings. The van der Waals surface area contributed by atoms with Crippen LogP contribution in [0, 0.1) is 0 Å². The summed E-state index contributed by atoms with van der Waals surface area (Å²) in [5.74, 6) is -0.368. The lowest BCUT2D eigenvalue weighted by Crippen LogP contribution is -2.38. The average Bonchev–Trinajstić information content (AvgIpc) is 1.97. The summed E-state index contributed by atoms with van der Waals surface area (Å²) in [7, 11) is 0. The Morgan fingerprint density at radius 2 is 2.00 bits per heavy atom. The Morgan fingerprint density at radius 3 is 2.10 bits per heavy atom. The maximum Gasteiger partial charge on any atom is 0.339 e. The summed E-state index contributed by atoms with van der Waals surface area (Å²) in [6.07, 6.45) is 0. The molecule has 3 amide bonds. The van der Waals surface area contributed by atoms with Crippen molar-refractivity contribution >= 4 is 23.7 Å². The van der Waals surface area contributed by atoms with Gasteiger partial charge in [-0.25, -0.2) is 9.21 Å². The minimum atomic E-state index is -0.918. The molecule has 1 fully saturated rings. The van der Waals surface area contributed by atoms with E-state index < -0.39 is 11.6 Å². The standard InChI is InChI=1S/C5H7ClN2O2/c1-5(2)3(9)7-4(10)8(5)6/h1-2H3,(H,7,9,10). The third-order valence-corrected chi connectivity index (χ3v) is 2.02. The first-order valence-corrected chi connectivity index (χ1v) is 3.11. The Hall–Kier alpha value is -0.770. The Bertz CT molecular complexity index is 202. The Morgan fingerprint density at radius 1 is 1.50 bits per heavy atom. The van der Waals surface area contributed by atoms with Gasteiger partial charge in [0.05, 0.1) is 0 Å². The largest absolute Gasteiger partial charge is 0.339 e. The van der Waals surface area contributed by atoms with Crippen molar-refractivity contribution in [2.75, 3.05) is 0 Å². The van der Waals surface area contributed by atoms with Crippen LogP contribution < -0.4 is 5.32 Å². The maximum atomic E-state index is 10.9. The van der Waals surface area contributed by atoms with Gasteiger partial charge in [0, 0.05) is 11.8 Å². The molecule has 0 atom stereocenters. The van der Waals surface area contributed by atoms with Crippen LogP contribution in [0.1, 0.15) is 13.8 Å². The number of urea groups is 1. The minimum absolute atomic E-state index is 0.368. The molecule has 0 unspecified atom stereocenters. The van der Waals surface area contributed by atoms with Crippen LogP contribution in [0.4, 0.5) is 4.79 Å². The third-order valence-electron chi connectivity index (χ3n) is 1.45. The van der Waals surface area contributed by atoms with Crippen molar-refractivity contribution in [3.05, 3.63) is 0 Å². The van der Waals surface area contributed by atoms with E-state index in [-0.39, 0.29) is 5.91 Å². The van der Waals surface area contributed by atoms with E-state index in [2.05, 4.69) is 5.32 Å². The van der Waals surface area contributed by atoms with Gasteiger partial charge in [0.2, 0.25) is 0 Å². The first-order valence-electron chi connectivity index (χ1n) is 2.77. The molecule has 1 rings (SSSR count). The van der Waals surface area contributed by atoms with Gasteiger partial charge in [-0.2, -0.15) is 0 Å². The predicted molar refractivity (Wildman–Crippen MR) is 35.3 cm³/mol. The molecule has 1 aliphatic heterocycles. The second kappa shape index (κ2) is 1.85. The van der Waals surface area contributed by atoms with E-state index >= 15 is 0 Å². The van der Waals surface area contributed by atoms with E-state index in [1.54, 1.807) is 13.8 Å². The molecule has 0 saturated carbocycles. The van der Waals surface area contributed by atoms with Gasteiger partial charge in [-0.1, -0.05) is 0 Å². The maximum absolute atomic E-state index is 10.9. The zero-order valence-corrected chi connectivity index (χ0v) is 6.40. The fraction of sp³-hybridized carbons (Fsp3) is 0.600. The lowest BCUT2D eigenvalue weighted by molar-refractivity contribution is -0.124. The molecule has 0 radical (unpaired) electrons. The van der Waals surface area contributed by atoms with Gasteiger partial charge in [-0.05, 0) is 13.8 Å². The summed E-state index contributed by atoms with van der Waals surface area (Å²) in [5.41, 5.74) is -0.918. The molecule has 56 valence electrons. The molecule has 1 saturated heterocycles. The number of carbonyl (C=O) groups excluding carboxylic acids is 2. The van der Waals surface area contributed by atoms with Crippen LogP contribution in [0.15, 0.2) is 0 Å². The van der Waals surface area contributed by atoms with Gasteiger partial charge < -0.3 is 0 Å². The Balaban J connectivity index is 2.96. The smallest absolute Gasteiger partial charge is 0.275 e. The second-order valence-corrected chi connectivity index (χ2v) is 2.94. The zero-order valence-electron chi connectivity index (χ0n) is 5.64. The highest BCUT2D eigenvalue weighted by Gasteiger charge is 2.45. The molecular formula is C5H7ClN2O2. The minimum Gasteiger partial charge on any atom is -0.275 e. The number of hydrogen-bond donors (Lipinski definition) is 1. The van der Waals surface area contributed by atoms with Gasteiger partial charge >= 0.3 is 6.03 Å². The van der Waals surface area contributed by atoms with Crippen molar-refractivity contribution in [3.8, 4) is 0 Å². The van der Waals surface area contributed by atoms with E-state index in [0.29, 0.717) is 0 Å². The van der Waals surface area contributed by atoms with Crippen molar-refractivity contribution < 1.29 is 9.59 Å². The predicted octanol–water partition coefficient (Wildman–Crippen LogP) is 0.471. The normalized spacial score (nSPS) is 23.3. The fourth-order valence-corrected chi connectivity index (χ4v) is 0.761. The highest BCUT2D eigenvalue weighted by Crippen LogP contribution is 2.22. The molecular weight excluding hydrogens is 156 g/mol. The first-order chi connectivity index (χ1) is 4.46. The molecule has 0 aromatic carbocycles. The van der Waals surface area contributed by atoms with E-state index in [1.165, 1.54) is 0 Å². The van der Waals surface area contributed by atoms with Crippen molar-refractivity contribution in [1.82, 2.24) is 9.74 Å². The molecule has 0 spiro atoms. The molecule has 4 nitrogen and oxygen atoms in total. The summed E-state index contributed by atoms with van der Waals surface area (Å²) in [6, 6.07) is -0.559. The summed E-state index contributed by atoms with van der Waals surface area (Å²) >= 11 is 5.45. The average molecular weight is 163 g/mol. The molecule has 0 aliphatic carbocycles. The van der Waals surface area contributed by atoms with Crippen LogP contribution in [0.25, 0.3) is 0 Å². The lowest BCUT2D eigenvalue weighted by Gasteiger charge is -2.19. The number of carbonyl (C=O) groups is 2. The molecule has 1 N–H and O–H groups in total. The number of imide groups is 1. The van der Waals surface area contributed by atoms with Crippen molar-refractivity contribution in [3.63, 3.8) is 0 Å². The number of nitrogens with zero attached hydrogens (tertiary/aromatic N) is 1. The summed E-state index contributed by atoms with van der Waals surface area (Å²) in [6.45, 7) is 3.14. The van der Waals surface area contributed by atoms with E-state index in [9.17, 15) is 9.59 Å². The monoisotopic (exact) mass is 162 g/mol. The fourth-order valence-electron chi connectivity index (χ4n) is 0.642. The van der Waals surface area contributed by atoms with Gasteiger partial charge in [0.1, 0.15) is 5.54 Å². The van der Waals surface area contributed by atoms with Crippen LogP contribution in [0.5, 0.6) is 0 Å².